The smallest absolute Gasteiger partial charge is 0.341 e. The van der Waals surface area contributed by atoms with Gasteiger partial charge in [-0.3, -0.25) is 0 Å². The van der Waals surface area contributed by atoms with Gasteiger partial charge in [-0.1, -0.05) is 34.1 Å². The van der Waals surface area contributed by atoms with Crippen LogP contribution >= 0.6 is 15.9 Å². The number of hydrogen-bond acceptors (Lipinski definition) is 4. The second-order valence-corrected chi connectivity index (χ2v) is 5.71. The highest BCUT2D eigenvalue weighted by Crippen LogP contribution is 2.35. The van der Waals surface area contributed by atoms with Crippen LogP contribution in [0.4, 0.5) is 4.39 Å². The van der Waals surface area contributed by atoms with Gasteiger partial charge < -0.3 is 14.6 Å². The van der Waals surface area contributed by atoms with E-state index in [1.54, 1.807) is 18.2 Å². The summed E-state index contributed by atoms with van der Waals surface area (Å²) >= 11 is 3.34. The van der Waals surface area contributed by atoms with E-state index in [2.05, 4.69) is 15.9 Å². The Morgan fingerprint density at radius 3 is 2.68 bits per heavy atom. The molecule has 0 aliphatic heterocycles. The summed E-state index contributed by atoms with van der Waals surface area (Å²) in [5.74, 6) is -1.09. The lowest BCUT2D eigenvalue weighted by Crippen LogP contribution is -2.10. The summed E-state index contributed by atoms with van der Waals surface area (Å²) < 4.78 is 24.8. The lowest BCUT2D eigenvalue weighted by Gasteiger charge is -2.12. The highest BCUT2D eigenvalue weighted by Gasteiger charge is 2.13. The first-order chi connectivity index (χ1) is 12.0. The molecule has 128 valence electrons. The zero-order valence-corrected chi connectivity index (χ0v) is 14.7. The zero-order valence-electron chi connectivity index (χ0n) is 13.1. The molecule has 0 bridgehead atoms. The molecule has 7 heteroatoms. The minimum absolute atomic E-state index is 0.139. The molecule has 0 unspecified atom stereocenters. The summed E-state index contributed by atoms with van der Waals surface area (Å²) in [6, 6.07) is 11.1. The molecule has 0 saturated heterocycles. The second-order valence-electron chi connectivity index (χ2n) is 4.86. The highest BCUT2D eigenvalue weighted by molar-refractivity contribution is 9.10. The molecular weight excluding hydrogens is 393 g/mol. The topological polar surface area (TPSA) is 79.5 Å². The van der Waals surface area contributed by atoms with Crippen molar-refractivity contribution in [2.24, 2.45) is 0 Å². The Bertz CT molecular complexity index is 874. The molecule has 2 rings (SSSR count). The average Bonchev–Trinajstić information content (AvgIpc) is 2.59. The second kappa shape index (κ2) is 8.31. The molecule has 2 aromatic carbocycles. The van der Waals surface area contributed by atoms with E-state index >= 15 is 0 Å². The van der Waals surface area contributed by atoms with Crippen molar-refractivity contribution in [1.82, 2.24) is 0 Å². The van der Waals surface area contributed by atoms with Crippen LogP contribution in [0, 0.1) is 17.1 Å². The number of nitrogens with zero attached hydrogens (tertiary/aromatic N) is 1. The van der Waals surface area contributed by atoms with Gasteiger partial charge in [0.1, 0.15) is 5.82 Å². The van der Waals surface area contributed by atoms with Crippen molar-refractivity contribution in [3.63, 3.8) is 0 Å². The third kappa shape index (κ3) is 4.58. The van der Waals surface area contributed by atoms with Crippen LogP contribution in [-0.4, -0.2) is 24.8 Å². The number of ether oxygens (including phenoxy) is 2. The van der Waals surface area contributed by atoms with Crippen molar-refractivity contribution >= 4 is 33.5 Å². The molecule has 0 atom stereocenters. The molecule has 1 N–H and O–H groups in total. The van der Waals surface area contributed by atoms with Gasteiger partial charge in [0.2, 0.25) is 0 Å². The molecule has 5 nitrogen and oxygen atoms in total. The fourth-order valence-corrected chi connectivity index (χ4v) is 2.52. The van der Waals surface area contributed by atoms with E-state index in [-0.39, 0.29) is 16.9 Å². The number of rotatable bonds is 6. The first-order valence-corrected chi connectivity index (χ1v) is 7.84. The number of halogens is 2. The number of nitriles is 1. The molecule has 25 heavy (non-hydrogen) atoms. The number of carboxylic acid groups (broad SMARTS) is 1. The standard InChI is InChI=1S/C18H13BrFNO4/c1-24-16-7-11(14(19)8-17(16)25-10-18(22)23)6-12(9-21)13-4-2-3-5-15(13)20/h2-8H,10H2,1H3,(H,22,23). The summed E-state index contributed by atoms with van der Waals surface area (Å²) in [6.07, 6.45) is 1.51. The molecule has 0 aromatic heterocycles. The van der Waals surface area contributed by atoms with Gasteiger partial charge in [-0.2, -0.15) is 5.26 Å². The first kappa shape index (κ1) is 18.5. The molecule has 0 aliphatic rings. The van der Waals surface area contributed by atoms with Crippen molar-refractivity contribution in [2.75, 3.05) is 13.7 Å². The normalized spacial score (nSPS) is 10.9. The maximum Gasteiger partial charge on any atom is 0.341 e. The van der Waals surface area contributed by atoms with Gasteiger partial charge >= 0.3 is 5.97 Å². The molecule has 2 aromatic rings. The first-order valence-electron chi connectivity index (χ1n) is 7.05. The summed E-state index contributed by atoms with van der Waals surface area (Å²) in [7, 11) is 1.41. The number of hydrogen-bond donors (Lipinski definition) is 1. The van der Waals surface area contributed by atoms with E-state index in [0.29, 0.717) is 15.8 Å². The monoisotopic (exact) mass is 405 g/mol. The molecular formula is C18H13BrFNO4. The molecule has 0 saturated carbocycles. The van der Waals surface area contributed by atoms with E-state index in [0.717, 1.165) is 0 Å². The van der Waals surface area contributed by atoms with E-state index in [1.165, 1.54) is 31.4 Å². The lowest BCUT2D eigenvalue weighted by molar-refractivity contribution is -0.139. The molecule has 0 aliphatic carbocycles. The Balaban J connectivity index is 2.46. The van der Waals surface area contributed by atoms with Gasteiger partial charge in [-0.15, -0.1) is 0 Å². The molecule has 0 radical (unpaired) electrons. The highest BCUT2D eigenvalue weighted by atomic mass is 79.9. The largest absolute Gasteiger partial charge is 0.493 e. The van der Waals surface area contributed by atoms with Crippen LogP contribution in [0.5, 0.6) is 11.5 Å². The van der Waals surface area contributed by atoms with Crippen LogP contribution in [0.1, 0.15) is 11.1 Å². The van der Waals surface area contributed by atoms with Crippen molar-refractivity contribution in [1.29, 1.82) is 5.26 Å². The number of methoxy groups -OCH3 is 1. The predicted molar refractivity (Wildman–Crippen MR) is 93.7 cm³/mol. The quantitative estimate of drug-likeness (QED) is 0.577. The number of carbonyl (C=O) groups is 1. The fourth-order valence-electron chi connectivity index (χ4n) is 2.08. The lowest BCUT2D eigenvalue weighted by atomic mass is 10.0. The minimum atomic E-state index is -1.12. The summed E-state index contributed by atoms with van der Waals surface area (Å²) in [5, 5.41) is 18.1. The Kier molecular flexibility index (Phi) is 6.14. The van der Waals surface area contributed by atoms with E-state index in [9.17, 15) is 14.4 Å². The van der Waals surface area contributed by atoms with Crippen LogP contribution < -0.4 is 9.47 Å². The number of carboxylic acids is 1. The van der Waals surface area contributed by atoms with Crippen molar-refractivity contribution in [3.05, 3.63) is 57.8 Å². The Labute approximate surface area is 152 Å². The maximum atomic E-state index is 13.9. The Morgan fingerprint density at radius 2 is 2.08 bits per heavy atom. The summed E-state index contributed by atoms with van der Waals surface area (Å²) in [6.45, 7) is -0.517. The predicted octanol–water partition coefficient (Wildman–Crippen LogP) is 4.12. The maximum absolute atomic E-state index is 13.9. The Morgan fingerprint density at radius 1 is 1.36 bits per heavy atom. The zero-order chi connectivity index (χ0) is 18.4. The number of benzene rings is 2. The van der Waals surface area contributed by atoms with Crippen LogP contribution in [0.15, 0.2) is 40.9 Å². The molecule has 0 spiro atoms. The minimum Gasteiger partial charge on any atom is -0.493 e. The van der Waals surface area contributed by atoms with Gasteiger partial charge in [-0.25, -0.2) is 9.18 Å². The van der Waals surface area contributed by atoms with E-state index < -0.39 is 18.4 Å². The molecule has 0 fully saturated rings. The van der Waals surface area contributed by atoms with Crippen LogP contribution in [0.2, 0.25) is 0 Å². The third-order valence-corrected chi connectivity index (χ3v) is 3.91. The van der Waals surface area contributed by atoms with Crippen LogP contribution in [0.25, 0.3) is 11.6 Å². The molecule has 0 heterocycles. The fraction of sp³-hybridized carbons (Fsp3) is 0.111. The van der Waals surface area contributed by atoms with Gasteiger partial charge in [-0.05, 0) is 29.8 Å². The van der Waals surface area contributed by atoms with Crippen molar-refractivity contribution < 1.29 is 23.8 Å². The van der Waals surface area contributed by atoms with Gasteiger partial charge in [0.15, 0.2) is 18.1 Å². The van der Waals surface area contributed by atoms with Crippen molar-refractivity contribution in [3.8, 4) is 17.6 Å². The SMILES string of the molecule is COc1cc(C=C(C#N)c2ccccc2F)c(Br)cc1OCC(=O)O. The van der Waals surface area contributed by atoms with Crippen molar-refractivity contribution in [2.45, 2.75) is 0 Å². The van der Waals surface area contributed by atoms with Crippen LogP contribution in [-0.2, 0) is 4.79 Å². The third-order valence-electron chi connectivity index (χ3n) is 3.22. The number of allylic oxidation sites excluding steroid dienone is 1. The number of aliphatic carboxylic acids is 1. The van der Waals surface area contributed by atoms with Gasteiger partial charge in [0.25, 0.3) is 0 Å². The Hall–Kier alpha value is -2.85. The van der Waals surface area contributed by atoms with E-state index in [1.807, 2.05) is 6.07 Å². The van der Waals surface area contributed by atoms with Gasteiger partial charge in [0.05, 0.1) is 18.8 Å². The summed E-state index contributed by atoms with van der Waals surface area (Å²) in [4.78, 5) is 10.6. The summed E-state index contributed by atoms with van der Waals surface area (Å²) in [5.41, 5.74) is 0.876. The molecule has 0 amide bonds. The average molecular weight is 406 g/mol. The van der Waals surface area contributed by atoms with Gasteiger partial charge in [0, 0.05) is 10.0 Å². The van der Waals surface area contributed by atoms with Crippen LogP contribution in [0.3, 0.4) is 0 Å². The van der Waals surface area contributed by atoms with E-state index in [4.69, 9.17) is 14.6 Å².